The van der Waals surface area contributed by atoms with Gasteiger partial charge in [-0.15, -0.1) is 0 Å². The molecule has 0 unspecified atom stereocenters. The molecule has 162 valence electrons. The van der Waals surface area contributed by atoms with Gasteiger partial charge < -0.3 is 25.4 Å². The molecule has 0 aliphatic carbocycles. The quantitative estimate of drug-likeness (QED) is 0.300. The van der Waals surface area contributed by atoms with Crippen molar-refractivity contribution < 1.29 is 14.3 Å². The van der Waals surface area contributed by atoms with E-state index in [1.807, 2.05) is 55.5 Å². The molecule has 2 aromatic rings. The maximum absolute atomic E-state index is 11.8. The number of nitrogens with one attached hydrogen (secondary N) is 3. The molecule has 2 aromatic carbocycles. The lowest BCUT2D eigenvalue weighted by Crippen LogP contribution is -2.30. The number of amides is 1. The molecule has 0 saturated carbocycles. The molecule has 0 radical (unpaired) electrons. The van der Waals surface area contributed by atoms with E-state index in [2.05, 4.69) is 20.9 Å². The molecule has 7 heteroatoms. The number of guanidine groups is 1. The zero-order valence-electron chi connectivity index (χ0n) is 18.0. The van der Waals surface area contributed by atoms with E-state index in [9.17, 15) is 4.79 Å². The summed E-state index contributed by atoms with van der Waals surface area (Å²) in [6.07, 6.45) is 1.59. The number of benzene rings is 2. The Balaban J connectivity index is 1.95. The number of carbonyl (C=O) groups is 1. The van der Waals surface area contributed by atoms with E-state index in [1.54, 1.807) is 14.2 Å². The molecule has 30 heavy (non-hydrogen) atoms. The molecule has 2 rings (SSSR count). The molecule has 0 heterocycles. The van der Waals surface area contributed by atoms with Gasteiger partial charge in [-0.2, -0.15) is 0 Å². The molecule has 0 fully saturated rings. The van der Waals surface area contributed by atoms with Crippen LogP contribution in [0.2, 0.25) is 0 Å². The van der Waals surface area contributed by atoms with Crippen molar-refractivity contribution in [2.45, 2.75) is 19.8 Å². The summed E-state index contributed by atoms with van der Waals surface area (Å²) in [6.45, 7) is 4.67. The first-order valence-corrected chi connectivity index (χ1v) is 10.2. The van der Waals surface area contributed by atoms with Crippen LogP contribution in [-0.2, 0) is 11.2 Å². The maximum Gasteiger partial charge on any atom is 0.251 e. The van der Waals surface area contributed by atoms with Crippen LogP contribution < -0.4 is 20.7 Å². The van der Waals surface area contributed by atoms with E-state index in [0.717, 1.165) is 36.4 Å². The Bertz CT molecular complexity index is 824. The fourth-order valence-corrected chi connectivity index (χ4v) is 2.81. The summed E-state index contributed by atoms with van der Waals surface area (Å²) in [7, 11) is 3.32. The van der Waals surface area contributed by atoms with Gasteiger partial charge in [0.25, 0.3) is 5.91 Å². The van der Waals surface area contributed by atoms with Crippen molar-refractivity contribution in [2.24, 2.45) is 4.99 Å². The summed E-state index contributed by atoms with van der Waals surface area (Å²) in [6, 6.07) is 15.4. The van der Waals surface area contributed by atoms with Gasteiger partial charge in [0.15, 0.2) is 5.96 Å². The van der Waals surface area contributed by atoms with Crippen LogP contribution in [0, 0.1) is 0 Å². The summed E-state index contributed by atoms with van der Waals surface area (Å²) >= 11 is 0. The Morgan fingerprint density at radius 1 is 1.10 bits per heavy atom. The number of hydrogen-bond donors (Lipinski definition) is 3. The number of hydrogen-bond acceptors (Lipinski definition) is 4. The van der Waals surface area contributed by atoms with Gasteiger partial charge in [-0.25, -0.2) is 0 Å². The van der Waals surface area contributed by atoms with Crippen LogP contribution in [0.25, 0.3) is 0 Å². The minimum atomic E-state index is -0.0836. The maximum atomic E-state index is 11.8. The predicted octanol–water partition coefficient (Wildman–Crippen LogP) is 3.08. The van der Waals surface area contributed by atoms with Gasteiger partial charge in [0.1, 0.15) is 5.75 Å². The summed E-state index contributed by atoms with van der Waals surface area (Å²) in [5.41, 5.74) is 2.63. The van der Waals surface area contributed by atoms with Crippen LogP contribution in [0.4, 0.5) is 5.69 Å². The predicted molar refractivity (Wildman–Crippen MR) is 122 cm³/mol. The summed E-state index contributed by atoms with van der Waals surface area (Å²) < 4.78 is 10.8. The van der Waals surface area contributed by atoms with Crippen LogP contribution in [0.3, 0.4) is 0 Å². The second-order valence-electron chi connectivity index (χ2n) is 6.64. The van der Waals surface area contributed by atoms with E-state index >= 15 is 0 Å². The molecule has 0 aliphatic rings. The monoisotopic (exact) mass is 412 g/mol. The van der Waals surface area contributed by atoms with Crippen LogP contribution in [0.1, 0.15) is 29.3 Å². The number of nitrogens with zero attached hydrogens (tertiary/aromatic N) is 1. The van der Waals surface area contributed by atoms with Crippen molar-refractivity contribution in [3.8, 4) is 5.75 Å². The van der Waals surface area contributed by atoms with Crippen molar-refractivity contribution in [3.05, 3.63) is 59.7 Å². The lowest BCUT2D eigenvalue weighted by atomic mass is 10.1. The topological polar surface area (TPSA) is 84.0 Å². The van der Waals surface area contributed by atoms with Gasteiger partial charge in [0.05, 0.1) is 6.61 Å². The SMILES string of the molecule is CCNC(=NCCc1cccc(C(=O)NC)c1)Nc1cccc(OCCCOC)c1. The molecule has 0 aromatic heterocycles. The fraction of sp³-hybridized carbons (Fsp3) is 0.391. The van der Waals surface area contributed by atoms with Crippen LogP contribution in [-0.4, -0.2) is 52.3 Å². The molecule has 0 atom stereocenters. The zero-order valence-corrected chi connectivity index (χ0v) is 18.0. The Hall–Kier alpha value is -3.06. The molecule has 0 aliphatic heterocycles. The van der Waals surface area contributed by atoms with Gasteiger partial charge in [0.2, 0.25) is 0 Å². The Morgan fingerprint density at radius 2 is 1.93 bits per heavy atom. The smallest absolute Gasteiger partial charge is 0.251 e. The van der Waals surface area contributed by atoms with Gasteiger partial charge in [-0.3, -0.25) is 9.79 Å². The summed E-state index contributed by atoms with van der Waals surface area (Å²) in [4.78, 5) is 16.4. The number of rotatable bonds is 11. The van der Waals surface area contributed by atoms with Gasteiger partial charge in [-0.05, 0) is 43.2 Å². The van der Waals surface area contributed by atoms with Crippen molar-refractivity contribution in [2.75, 3.05) is 45.8 Å². The largest absolute Gasteiger partial charge is 0.493 e. The zero-order chi connectivity index (χ0) is 21.6. The molecule has 3 N–H and O–H groups in total. The second kappa shape index (κ2) is 13.2. The lowest BCUT2D eigenvalue weighted by Gasteiger charge is -2.13. The average molecular weight is 413 g/mol. The standard InChI is InChI=1S/C23H32N4O3/c1-4-25-23(26-13-12-18-8-5-9-19(16-18)22(28)24-2)27-20-10-6-11-21(17-20)30-15-7-14-29-3/h5-6,8-11,16-17H,4,7,12-15H2,1-3H3,(H,24,28)(H2,25,26,27). The third kappa shape index (κ3) is 8.13. The molecule has 0 bridgehead atoms. The Morgan fingerprint density at radius 3 is 2.70 bits per heavy atom. The van der Waals surface area contributed by atoms with Crippen molar-refractivity contribution in [1.82, 2.24) is 10.6 Å². The van der Waals surface area contributed by atoms with Crippen LogP contribution in [0.15, 0.2) is 53.5 Å². The third-order valence-electron chi connectivity index (χ3n) is 4.29. The first-order valence-electron chi connectivity index (χ1n) is 10.2. The number of anilines is 1. The number of methoxy groups -OCH3 is 1. The van der Waals surface area contributed by atoms with Crippen molar-refractivity contribution in [1.29, 1.82) is 0 Å². The lowest BCUT2D eigenvalue weighted by molar-refractivity contribution is 0.0963. The normalized spacial score (nSPS) is 11.1. The molecule has 7 nitrogen and oxygen atoms in total. The Labute approximate surface area is 178 Å². The van der Waals surface area contributed by atoms with Crippen LogP contribution in [0.5, 0.6) is 5.75 Å². The van der Waals surface area contributed by atoms with E-state index in [1.165, 1.54) is 0 Å². The van der Waals surface area contributed by atoms with Gasteiger partial charge in [0, 0.05) is 57.6 Å². The molecule has 1 amide bonds. The minimum absolute atomic E-state index is 0.0836. The van der Waals surface area contributed by atoms with Crippen molar-refractivity contribution in [3.63, 3.8) is 0 Å². The highest BCUT2D eigenvalue weighted by Crippen LogP contribution is 2.17. The first kappa shape index (κ1) is 23.2. The third-order valence-corrected chi connectivity index (χ3v) is 4.29. The highest BCUT2D eigenvalue weighted by atomic mass is 16.5. The molecular weight excluding hydrogens is 380 g/mol. The molecule has 0 saturated heterocycles. The number of ether oxygens (including phenoxy) is 2. The van der Waals surface area contributed by atoms with Crippen molar-refractivity contribution >= 4 is 17.6 Å². The molecule has 0 spiro atoms. The first-order chi connectivity index (χ1) is 14.7. The van der Waals surface area contributed by atoms with E-state index in [-0.39, 0.29) is 5.91 Å². The number of carbonyl (C=O) groups excluding carboxylic acids is 1. The number of aliphatic imine (C=N–C) groups is 1. The second-order valence-corrected chi connectivity index (χ2v) is 6.64. The van der Waals surface area contributed by atoms with E-state index < -0.39 is 0 Å². The van der Waals surface area contributed by atoms with Gasteiger partial charge in [-0.1, -0.05) is 18.2 Å². The summed E-state index contributed by atoms with van der Waals surface area (Å²) in [5, 5.41) is 9.22. The fourth-order valence-electron chi connectivity index (χ4n) is 2.81. The van der Waals surface area contributed by atoms with E-state index in [4.69, 9.17) is 9.47 Å². The highest BCUT2D eigenvalue weighted by Gasteiger charge is 2.04. The van der Waals surface area contributed by atoms with Crippen LogP contribution >= 0.6 is 0 Å². The average Bonchev–Trinajstić information content (AvgIpc) is 2.77. The molecular formula is C23H32N4O3. The van der Waals surface area contributed by atoms with E-state index in [0.29, 0.717) is 31.3 Å². The summed E-state index contributed by atoms with van der Waals surface area (Å²) in [5.74, 6) is 1.43. The van der Waals surface area contributed by atoms with Gasteiger partial charge >= 0.3 is 0 Å². The Kier molecular flexibility index (Phi) is 10.2. The highest BCUT2D eigenvalue weighted by molar-refractivity contribution is 5.94. The minimum Gasteiger partial charge on any atom is -0.493 e.